The SMILES string of the molecule is CO[C@H]1CN(C)C(=O)c2cc(NS(=O)(=O)c3ccc(Cl)cc3)ccc2OC[C@@H](C)N(C(=O)NC(C)C)C[C@@H]1C. The molecule has 0 radical (unpaired) electrons. The zero-order valence-electron chi connectivity index (χ0n) is 23.1. The summed E-state index contributed by atoms with van der Waals surface area (Å²) in [5.41, 5.74) is 0.381. The summed E-state index contributed by atoms with van der Waals surface area (Å²) in [6.07, 6.45) is -0.351. The third kappa shape index (κ3) is 7.77. The highest BCUT2D eigenvalue weighted by Crippen LogP contribution is 2.28. The van der Waals surface area contributed by atoms with E-state index in [-0.39, 0.29) is 71.1 Å². The molecule has 10 nitrogen and oxygen atoms in total. The normalized spacial score (nSPS) is 20.9. The third-order valence-electron chi connectivity index (χ3n) is 6.49. The molecule has 2 N–H and O–H groups in total. The van der Waals surface area contributed by atoms with Gasteiger partial charge >= 0.3 is 6.03 Å². The average molecular weight is 581 g/mol. The maximum atomic E-state index is 13.5. The van der Waals surface area contributed by atoms with Gasteiger partial charge in [-0.3, -0.25) is 9.52 Å². The van der Waals surface area contributed by atoms with Gasteiger partial charge in [0.2, 0.25) is 0 Å². The second-order valence-corrected chi connectivity index (χ2v) is 12.2. The zero-order chi connectivity index (χ0) is 28.9. The molecule has 1 heterocycles. The monoisotopic (exact) mass is 580 g/mol. The minimum absolute atomic E-state index is 0.0323. The van der Waals surface area contributed by atoms with Crippen molar-refractivity contribution in [2.75, 3.05) is 38.6 Å². The summed E-state index contributed by atoms with van der Waals surface area (Å²) in [7, 11) is -0.705. The topological polar surface area (TPSA) is 117 Å². The van der Waals surface area contributed by atoms with Crippen molar-refractivity contribution in [2.24, 2.45) is 5.92 Å². The van der Waals surface area contributed by atoms with Crippen molar-refractivity contribution in [3.05, 3.63) is 53.1 Å². The van der Waals surface area contributed by atoms with Gasteiger partial charge in [-0.05, 0) is 63.2 Å². The Morgan fingerprint density at radius 1 is 1.13 bits per heavy atom. The van der Waals surface area contributed by atoms with E-state index in [1.54, 1.807) is 25.1 Å². The lowest BCUT2D eigenvalue weighted by atomic mass is 10.0. The van der Waals surface area contributed by atoms with Gasteiger partial charge in [0.15, 0.2) is 0 Å². The van der Waals surface area contributed by atoms with Gasteiger partial charge in [-0.25, -0.2) is 13.2 Å². The molecular formula is C27H37ClN4O6S. The molecule has 214 valence electrons. The number of benzene rings is 2. The minimum atomic E-state index is -3.93. The number of amides is 3. The van der Waals surface area contributed by atoms with E-state index in [1.807, 2.05) is 27.7 Å². The van der Waals surface area contributed by atoms with Crippen LogP contribution in [-0.2, 0) is 14.8 Å². The highest BCUT2D eigenvalue weighted by molar-refractivity contribution is 7.92. The number of urea groups is 1. The molecule has 1 aliphatic rings. The number of hydrogen-bond acceptors (Lipinski definition) is 6. The number of likely N-dealkylation sites (N-methyl/N-ethyl adjacent to an activating group) is 1. The van der Waals surface area contributed by atoms with Gasteiger partial charge in [0.1, 0.15) is 12.4 Å². The van der Waals surface area contributed by atoms with E-state index < -0.39 is 10.0 Å². The fourth-order valence-electron chi connectivity index (χ4n) is 4.28. The molecule has 3 amide bonds. The first-order valence-electron chi connectivity index (χ1n) is 12.7. The summed E-state index contributed by atoms with van der Waals surface area (Å²) in [5, 5.41) is 3.36. The van der Waals surface area contributed by atoms with Gasteiger partial charge in [-0.2, -0.15) is 0 Å². The van der Waals surface area contributed by atoms with Crippen molar-refractivity contribution in [3.8, 4) is 5.75 Å². The van der Waals surface area contributed by atoms with Crippen molar-refractivity contribution in [1.82, 2.24) is 15.1 Å². The fraction of sp³-hybridized carbons (Fsp3) is 0.481. The lowest BCUT2D eigenvalue weighted by Gasteiger charge is -2.36. The molecule has 0 unspecified atom stereocenters. The average Bonchev–Trinajstić information content (AvgIpc) is 2.87. The number of halogens is 1. The van der Waals surface area contributed by atoms with Crippen LogP contribution in [0.2, 0.25) is 5.02 Å². The largest absolute Gasteiger partial charge is 0.491 e. The van der Waals surface area contributed by atoms with Crippen molar-refractivity contribution in [3.63, 3.8) is 0 Å². The van der Waals surface area contributed by atoms with Gasteiger partial charge in [-0.15, -0.1) is 0 Å². The molecule has 39 heavy (non-hydrogen) atoms. The number of nitrogens with one attached hydrogen (secondary N) is 2. The van der Waals surface area contributed by atoms with Crippen molar-refractivity contribution < 1.29 is 27.5 Å². The highest BCUT2D eigenvalue weighted by Gasteiger charge is 2.31. The van der Waals surface area contributed by atoms with E-state index in [9.17, 15) is 18.0 Å². The number of hydrogen-bond donors (Lipinski definition) is 2. The molecule has 0 aliphatic carbocycles. The molecule has 3 atom stereocenters. The molecule has 1 aliphatic heterocycles. The van der Waals surface area contributed by atoms with Crippen LogP contribution in [0.3, 0.4) is 0 Å². The van der Waals surface area contributed by atoms with Crippen molar-refractivity contribution in [2.45, 2.75) is 50.8 Å². The molecule has 0 spiro atoms. The Kier molecular flexibility index (Phi) is 10.1. The van der Waals surface area contributed by atoms with Crippen LogP contribution in [0.1, 0.15) is 38.1 Å². The van der Waals surface area contributed by atoms with Crippen molar-refractivity contribution in [1.29, 1.82) is 0 Å². The lowest BCUT2D eigenvalue weighted by Crippen LogP contribution is -2.52. The molecule has 0 bridgehead atoms. The maximum Gasteiger partial charge on any atom is 0.317 e. The molecule has 0 aromatic heterocycles. The van der Waals surface area contributed by atoms with E-state index in [1.165, 1.54) is 41.3 Å². The van der Waals surface area contributed by atoms with Gasteiger partial charge in [0, 0.05) is 49.9 Å². The summed E-state index contributed by atoms with van der Waals surface area (Å²) in [6, 6.07) is 9.72. The van der Waals surface area contributed by atoms with E-state index in [0.717, 1.165) is 0 Å². The Balaban J connectivity index is 1.97. The smallest absolute Gasteiger partial charge is 0.317 e. The van der Waals surface area contributed by atoms with E-state index in [4.69, 9.17) is 21.1 Å². The summed E-state index contributed by atoms with van der Waals surface area (Å²) in [4.78, 5) is 29.8. The Morgan fingerprint density at radius 2 is 1.79 bits per heavy atom. The molecule has 2 aromatic carbocycles. The summed E-state index contributed by atoms with van der Waals surface area (Å²) in [5.74, 6) is -0.170. The number of sulfonamides is 1. The first kappa shape index (κ1) is 30.5. The van der Waals surface area contributed by atoms with Crippen LogP contribution >= 0.6 is 11.6 Å². The van der Waals surface area contributed by atoms with Gasteiger partial charge < -0.3 is 24.6 Å². The van der Waals surface area contributed by atoms with Crippen LogP contribution in [0, 0.1) is 5.92 Å². The molecule has 0 saturated carbocycles. The number of ether oxygens (including phenoxy) is 2. The van der Waals surface area contributed by atoms with E-state index in [0.29, 0.717) is 11.6 Å². The first-order valence-corrected chi connectivity index (χ1v) is 14.6. The number of carbonyl (C=O) groups is 2. The van der Waals surface area contributed by atoms with Gasteiger partial charge in [-0.1, -0.05) is 18.5 Å². The van der Waals surface area contributed by atoms with Crippen LogP contribution in [-0.4, -0.2) is 82.2 Å². The second-order valence-electron chi connectivity index (χ2n) is 10.1. The van der Waals surface area contributed by atoms with Crippen LogP contribution in [0.15, 0.2) is 47.4 Å². The Hall–Kier alpha value is -3.02. The molecule has 0 fully saturated rings. The molecule has 12 heteroatoms. The predicted molar refractivity (Wildman–Crippen MR) is 151 cm³/mol. The number of carbonyl (C=O) groups excluding carboxylic acids is 2. The summed E-state index contributed by atoms with van der Waals surface area (Å²) >= 11 is 5.89. The minimum Gasteiger partial charge on any atom is -0.491 e. The molecule has 2 aromatic rings. The third-order valence-corrected chi connectivity index (χ3v) is 8.14. The molecule has 0 saturated heterocycles. The highest BCUT2D eigenvalue weighted by atomic mass is 35.5. The van der Waals surface area contributed by atoms with Crippen LogP contribution < -0.4 is 14.8 Å². The first-order chi connectivity index (χ1) is 18.3. The number of rotatable bonds is 5. The standard InChI is InChI=1S/C27H37ClN4O6S/c1-17(2)29-27(34)32-14-18(3)25(37-6)15-31(5)26(33)23-13-21(9-12-24(23)38-16-19(32)4)30-39(35,36)22-10-7-20(28)8-11-22/h7-13,17-19,25,30H,14-16H2,1-6H3,(H,29,34)/t18-,19+,25-/m0/s1. The maximum absolute atomic E-state index is 13.5. The number of fused-ring (bicyclic) bond motifs is 1. The summed E-state index contributed by atoms with van der Waals surface area (Å²) < 4.78 is 40.2. The Labute approximate surface area is 235 Å². The number of nitrogens with zero attached hydrogens (tertiary/aromatic N) is 2. The van der Waals surface area contributed by atoms with Crippen LogP contribution in [0.25, 0.3) is 0 Å². The predicted octanol–water partition coefficient (Wildman–Crippen LogP) is 4.06. The summed E-state index contributed by atoms with van der Waals surface area (Å²) in [6.45, 7) is 8.42. The lowest BCUT2D eigenvalue weighted by molar-refractivity contribution is 0.0165. The van der Waals surface area contributed by atoms with Crippen LogP contribution in [0.5, 0.6) is 5.75 Å². The van der Waals surface area contributed by atoms with Crippen LogP contribution in [0.4, 0.5) is 10.5 Å². The van der Waals surface area contributed by atoms with Gasteiger partial charge in [0.05, 0.1) is 22.6 Å². The number of methoxy groups -OCH3 is 1. The quantitative estimate of drug-likeness (QED) is 0.551. The molecular weight excluding hydrogens is 544 g/mol. The Bertz CT molecular complexity index is 1270. The zero-order valence-corrected chi connectivity index (χ0v) is 24.7. The fourth-order valence-corrected chi connectivity index (χ4v) is 5.46. The second kappa shape index (κ2) is 12.9. The van der Waals surface area contributed by atoms with Gasteiger partial charge in [0.25, 0.3) is 15.9 Å². The molecule has 3 rings (SSSR count). The van der Waals surface area contributed by atoms with Crippen molar-refractivity contribution >= 4 is 39.2 Å². The van der Waals surface area contributed by atoms with E-state index in [2.05, 4.69) is 10.0 Å². The van der Waals surface area contributed by atoms with E-state index >= 15 is 0 Å². The Morgan fingerprint density at radius 3 is 2.41 bits per heavy atom. The number of anilines is 1.